The van der Waals surface area contributed by atoms with Gasteiger partial charge >= 0.3 is 0 Å². The summed E-state index contributed by atoms with van der Waals surface area (Å²) in [6, 6.07) is 0.310. The Kier molecular flexibility index (Phi) is 2.12. The first kappa shape index (κ1) is 7.35. The minimum Gasteiger partial charge on any atom is -0.311 e. The number of nitrogens with zero attached hydrogens (tertiary/aromatic N) is 1. The molecule has 56 valence electrons. The van der Waals surface area contributed by atoms with Crippen molar-refractivity contribution in [3.63, 3.8) is 0 Å². The van der Waals surface area contributed by atoms with E-state index in [-0.39, 0.29) is 0 Å². The molecule has 0 aromatic rings. The molecule has 0 fully saturated rings. The van der Waals surface area contributed by atoms with E-state index >= 15 is 0 Å². The van der Waals surface area contributed by atoms with E-state index in [4.69, 9.17) is 5.84 Å². The van der Waals surface area contributed by atoms with Crippen LogP contribution in [-0.2, 0) is 0 Å². The van der Waals surface area contributed by atoms with Crippen molar-refractivity contribution in [2.24, 2.45) is 11.8 Å². The molecule has 0 aliphatic carbocycles. The van der Waals surface area contributed by atoms with Crippen molar-refractivity contribution >= 4 is 0 Å². The second-order valence-corrected chi connectivity index (χ2v) is 2.59. The molecule has 2 nitrogen and oxygen atoms in total. The van der Waals surface area contributed by atoms with Gasteiger partial charge in [0.15, 0.2) is 0 Å². The second kappa shape index (κ2) is 2.88. The Bertz CT molecular complexity index is 151. The predicted molar refractivity (Wildman–Crippen MR) is 42.9 cm³/mol. The molecule has 0 aromatic carbocycles. The third kappa shape index (κ3) is 1.07. The average molecular weight is 138 g/mol. The SMILES string of the molecule is C=CC1C(CC)C=CN1N. The van der Waals surface area contributed by atoms with Crippen LogP contribution in [0.5, 0.6) is 0 Å². The molecule has 2 heteroatoms. The summed E-state index contributed by atoms with van der Waals surface area (Å²) >= 11 is 0. The third-order valence-electron chi connectivity index (χ3n) is 2.00. The highest BCUT2D eigenvalue weighted by molar-refractivity contribution is 5.08. The Balaban J connectivity index is 2.61. The van der Waals surface area contributed by atoms with Crippen molar-refractivity contribution in [1.82, 2.24) is 5.01 Å². The van der Waals surface area contributed by atoms with Crippen LogP contribution in [0.25, 0.3) is 0 Å². The molecule has 0 spiro atoms. The fraction of sp³-hybridized carbons (Fsp3) is 0.500. The molecule has 1 rings (SSSR count). The van der Waals surface area contributed by atoms with Gasteiger partial charge < -0.3 is 5.01 Å². The molecular formula is C8H14N2. The third-order valence-corrected chi connectivity index (χ3v) is 2.00. The highest BCUT2D eigenvalue weighted by Gasteiger charge is 2.22. The summed E-state index contributed by atoms with van der Waals surface area (Å²) in [5.74, 6) is 6.19. The van der Waals surface area contributed by atoms with Crippen LogP contribution in [-0.4, -0.2) is 11.1 Å². The van der Waals surface area contributed by atoms with Crippen molar-refractivity contribution in [2.75, 3.05) is 0 Å². The molecule has 1 aliphatic heterocycles. The van der Waals surface area contributed by atoms with Crippen molar-refractivity contribution in [2.45, 2.75) is 19.4 Å². The van der Waals surface area contributed by atoms with E-state index < -0.39 is 0 Å². The fourth-order valence-corrected chi connectivity index (χ4v) is 1.32. The standard InChI is InChI=1S/C8H14N2/c1-3-7-5-6-10(9)8(7)4-2/h4-8H,2-3,9H2,1H3. The van der Waals surface area contributed by atoms with Crippen LogP contribution in [0.4, 0.5) is 0 Å². The molecule has 2 atom stereocenters. The van der Waals surface area contributed by atoms with Crippen LogP contribution in [0.15, 0.2) is 24.9 Å². The molecule has 2 unspecified atom stereocenters. The molecule has 10 heavy (non-hydrogen) atoms. The topological polar surface area (TPSA) is 29.3 Å². The van der Waals surface area contributed by atoms with Gasteiger partial charge in [-0.25, -0.2) is 5.84 Å². The van der Waals surface area contributed by atoms with Gasteiger partial charge in [-0.2, -0.15) is 0 Å². The van der Waals surface area contributed by atoms with E-state index in [0.29, 0.717) is 12.0 Å². The Labute approximate surface area is 62.0 Å². The van der Waals surface area contributed by atoms with E-state index in [0.717, 1.165) is 6.42 Å². The van der Waals surface area contributed by atoms with Crippen molar-refractivity contribution in [3.05, 3.63) is 24.9 Å². The highest BCUT2D eigenvalue weighted by Crippen LogP contribution is 2.21. The van der Waals surface area contributed by atoms with Crippen LogP contribution in [0, 0.1) is 5.92 Å². The molecule has 0 amide bonds. The summed E-state index contributed by atoms with van der Waals surface area (Å²) in [7, 11) is 0. The molecule has 2 N–H and O–H groups in total. The minimum atomic E-state index is 0.310. The van der Waals surface area contributed by atoms with Gasteiger partial charge in [-0.15, -0.1) is 6.58 Å². The maximum absolute atomic E-state index is 5.63. The summed E-state index contributed by atoms with van der Waals surface area (Å²) < 4.78 is 0. The molecule has 1 heterocycles. The summed E-state index contributed by atoms with van der Waals surface area (Å²) in [5, 5.41) is 1.71. The maximum atomic E-state index is 5.63. The maximum Gasteiger partial charge on any atom is 0.0686 e. The van der Waals surface area contributed by atoms with Gasteiger partial charge in [0.05, 0.1) is 6.04 Å². The van der Waals surface area contributed by atoms with Crippen LogP contribution in [0.3, 0.4) is 0 Å². The molecule has 0 aromatic heterocycles. The van der Waals surface area contributed by atoms with Crippen molar-refractivity contribution < 1.29 is 0 Å². The monoisotopic (exact) mass is 138 g/mol. The lowest BCUT2D eigenvalue weighted by Gasteiger charge is -2.21. The molecule has 0 bridgehead atoms. The normalized spacial score (nSPS) is 31.2. The van der Waals surface area contributed by atoms with Gasteiger partial charge in [0.25, 0.3) is 0 Å². The van der Waals surface area contributed by atoms with Gasteiger partial charge in [-0.1, -0.05) is 19.1 Å². The lowest BCUT2D eigenvalue weighted by molar-refractivity contribution is 0.306. The van der Waals surface area contributed by atoms with Crippen molar-refractivity contribution in [3.8, 4) is 0 Å². The smallest absolute Gasteiger partial charge is 0.0686 e. The molecule has 0 saturated heterocycles. The van der Waals surface area contributed by atoms with E-state index in [1.165, 1.54) is 0 Å². The molecular weight excluding hydrogens is 124 g/mol. The van der Waals surface area contributed by atoms with Gasteiger partial charge in [0.1, 0.15) is 0 Å². The summed E-state index contributed by atoms with van der Waals surface area (Å²) in [4.78, 5) is 0. The first-order valence-corrected chi connectivity index (χ1v) is 3.63. The highest BCUT2D eigenvalue weighted by atomic mass is 15.4. The first-order chi connectivity index (χ1) is 4.79. The Morgan fingerprint density at radius 2 is 2.50 bits per heavy atom. The quantitative estimate of drug-likeness (QED) is 0.460. The van der Waals surface area contributed by atoms with Crippen LogP contribution in [0.1, 0.15) is 13.3 Å². The number of hydrazine groups is 1. The van der Waals surface area contributed by atoms with Gasteiger partial charge in [-0.3, -0.25) is 0 Å². The number of hydrogen-bond donors (Lipinski definition) is 1. The summed E-state index contributed by atoms with van der Waals surface area (Å²) in [6.45, 7) is 5.89. The number of nitrogens with two attached hydrogens (primary N) is 1. The van der Waals surface area contributed by atoms with E-state index in [1.807, 2.05) is 12.3 Å². The number of hydrogen-bond acceptors (Lipinski definition) is 2. The largest absolute Gasteiger partial charge is 0.311 e. The van der Waals surface area contributed by atoms with Crippen LogP contribution in [0.2, 0.25) is 0 Å². The van der Waals surface area contributed by atoms with Gasteiger partial charge in [0.2, 0.25) is 0 Å². The lowest BCUT2D eigenvalue weighted by Crippen LogP contribution is -2.35. The predicted octanol–water partition coefficient (Wildman–Crippen LogP) is 1.27. The first-order valence-electron chi connectivity index (χ1n) is 3.63. The molecule has 1 aliphatic rings. The lowest BCUT2D eigenvalue weighted by atomic mass is 10.00. The van der Waals surface area contributed by atoms with Crippen LogP contribution < -0.4 is 5.84 Å². The van der Waals surface area contributed by atoms with Crippen LogP contribution >= 0.6 is 0 Å². The van der Waals surface area contributed by atoms with E-state index in [2.05, 4.69) is 19.6 Å². The van der Waals surface area contributed by atoms with E-state index in [1.54, 1.807) is 5.01 Å². The zero-order valence-electron chi connectivity index (χ0n) is 6.33. The molecule has 0 saturated carbocycles. The van der Waals surface area contributed by atoms with Gasteiger partial charge in [-0.05, 0) is 6.42 Å². The van der Waals surface area contributed by atoms with Crippen molar-refractivity contribution in [1.29, 1.82) is 0 Å². The zero-order valence-corrected chi connectivity index (χ0v) is 6.33. The number of rotatable bonds is 2. The van der Waals surface area contributed by atoms with Gasteiger partial charge in [0, 0.05) is 12.1 Å². The fourth-order valence-electron chi connectivity index (χ4n) is 1.32. The Morgan fingerprint density at radius 1 is 1.80 bits per heavy atom. The molecule has 0 radical (unpaired) electrons. The second-order valence-electron chi connectivity index (χ2n) is 2.59. The zero-order chi connectivity index (χ0) is 7.56. The minimum absolute atomic E-state index is 0.310. The average Bonchev–Trinajstić information content (AvgIpc) is 2.30. The van der Waals surface area contributed by atoms with E-state index in [9.17, 15) is 0 Å². The Hall–Kier alpha value is -0.760. The Morgan fingerprint density at radius 3 is 2.90 bits per heavy atom. The summed E-state index contributed by atoms with van der Waals surface area (Å²) in [5.41, 5.74) is 0. The summed E-state index contributed by atoms with van der Waals surface area (Å²) in [6.07, 6.45) is 7.07.